The maximum absolute atomic E-state index is 13.7. The minimum absolute atomic E-state index is 0.0951. The SMILES string of the molecule is CCOc1ccccc1N(CC(=O)NCc1ccccc1-n1ccnc1)S(=O)(=O)c1ccc(C)cc1. The van der Waals surface area contributed by atoms with Crippen LogP contribution >= 0.6 is 0 Å². The van der Waals surface area contributed by atoms with Gasteiger partial charge in [0.1, 0.15) is 12.3 Å². The summed E-state index contributed by atoms with van der Waals surface area (Å²) >= 11 is 0. The summed E-state index contributed by atoms with van der Waals surface area (Å²) in [5.74, 6) is -0.0636. The summed E-state index contributed by atoms with van der Waals surface area (Å²) < 4.78 is 36.0. The van der Waals surface area contributed by atoms with Crippen LogP contribution in [0.2, 0.25) is 0 Å². The highest BCUT2D eigenvalue weighted by molar-refractivity contribution is 7.92. The molecule has 36 heavy (non-hydrogen) atoms. The molecule has 0 atom stereocenters. The van der Waals surface area contributed by atoms with Gasteiger partial charge in [-0.15, -0.1) is 0 Å². The van der Waals surface area contributed by atoms with E-state index < -0.39 is 22.5 Å². The van der Waals surface area contributed by atoms with Crippen LogP contribution in [0, 0.1) is 6.92 Å². The number of rotatable bonds is 10. The van der Waals surface area contributed by atoms with Gasteiger partial charge in [0.15, 0.2) is 0 Å². The monoisotopic (exact) mass is 504 g/mol. The number of nitrogens with zero attached hydrogens (tertiary/aromatic N) is 3. The molecule has 0 fully saturated rings. The summed E-state index contributed by atoms with van der Waals surface area (Å²) in [7, 11) is -4.05. The zero-order valence-corrected chi connectivity index (χ0v) is 21.0. The first-order valence-corrected chi connectivity index (χ1v) is 13.0. The third kappa shape index (κ3) is 5.58. The van der Waals surface area contributed by atoms with Crippen LogP contribution in [0.4, 0.5) is 5.69 Å². The fraction of sp³-hybridized carbons (Fsp3) is 0.185. The number of carbonyl (C=O) groups is 1. The number of benzene rings is 3. The molecule has 1 N–H and O–H groups in total. The van der Waals surface area contributed by atoms with Gasteiger partial charge in [0.2, 0.25) is 5.91 Å². The number of anilines is 1. The zero-order valence-electron chi connectivity index (χ0n) is 20.2. The maximum Gasteiger partial charge on any atom is 0.264 e. The van der Waals surface area contributed by atoms with Crippen molar-refractivity contribution in [2.75, 3.05) is 17.5 Å². The Kier molecular flexibility index (Phi) is 7.70. The second kappa shape index (κ2) is 11.1. The number of aromatic nitrogens is 2. The van der Waals surface area contributed by atoms with E-state index in [4.69, 9.17) is 4.74 Å². The number of imidazole rings is 1. The highest BCUT2D eigenvalue weighted by Gasteiger charge is 2.29. The number of para-hydroxylation sites is 3. The number of ether oxygens (including phenoxy) is 1. The average molecular weight is 505 g/mol. The second-order valence-electron chi connectivity index (χ2n) is 8.10. The van der Waals surface area contributed by atoms with Gasteiger partial charge in [-0.1, -0.05) is 48.0 Å². The normalized spacial score (nSPS) is 11.2. The fourth-order valence-electron chi connectivity index (χ4n) is 3.77. The van der Waals surface area contributed by atoms with Gasteiger partial charge in [-0.3, -0.25) is 9.10 Å². The van der Waals surface area contributed by atoms with Gasteiger partial charge in [0.05, 0.1) is 29.2 Å². The molecular weight excluding hydrogens is 476 g/mol. The number of nitrogens with one attached hydrogen (secondary N) is 1. The van der Waals surface area contributed by atoms with Crippen molar-refractivity contribution in [2.45, 2.75) is 25.3 Å². The number of hydrogen-bond donors (Lipinski definition) is 1. The van der Waals surface area contributed by atoms with E-state index in [1.54, 1.807) is 61.1 Å². The molecule has 0 aliphatic rings. The molecule has 0 radical (unpaired) electrons. The molecule has 0 aliphatic heterocycles. The lowest BCUT2D eigenvalue weighted by molar-refractivity contribution is -0.119. The van der Waals surface area contributed by atoms with Crippen LogP contribution in [-0.2, 0) is 21.4 Å². The van der Waals surface area contributed by atoms with Crippen LogP contribution < -0.4 is 14.4 Å². The van der Waals surface area contributed by atoms with Crippen molar-refractivity contribution in [1.29, 1.82) is 0 Å². The van der Waals surface area contributed by atoms with E-state index in [0.29, 0.717) is 18.0 Å². The van der Waals surface area contributed by atoms with Crippen molar-refractivity contribution >= 4 is 21.6 Å². The standard InChI is InChI=1S/C27H28N4O4S/c1-3-35-26-11-7-6-10-25(26)31(36(33,34)23-14-12-21(2)13-15-23)19-27(32)29-18-22-8-4-5-9-24(22)30-17-16-28-20-30/h4-17,20H,3,18-19H2,1-2H3,(H,29,32). The van der Waals surface area contributed by atoms with E-state index in [0.717, 1.165) is 21.1 Å². The lowest BCUT2D eigenvalue weighted by Gasteiger charge is -2.26. The first-order valence-electron chi connectivity index (χ1n) is 11.5. The van der Waals surface area contributed by atoms with Crippen LogP contribution in [0.3, 0.4) is 0 Å². The van der Waals surface area contributed by atoms with Gasteiger partial charge >= 0.3 is 0 Å². The summed E-state index contributed by atoms with van der Waals surface area (Å²) in [5.41, 5.74) is 2.98. The third-order valence-electron chi connectivity index (χ3n) is 5.58. The topological polar surface area (TPSA) is 93.5 Å². The Bertz CT molecular complexity index is 1420. The molecule has 1 heterocycles. The zero-order chi connectivity index (χ0) is 25.5. The molecule has 8 nitrogen and oxygen atoms in total. The fourth-order valence-corrected chi connectivity index (χ4v) is 5.20. The van der Waals surface area contributed by atoms with E-state index in [1.165, 1.54) is 0 Å². The number of amides is 1. The van der Waals surface area contributed by atoms with Gasteiger partial charge in [-0.25, -0.2) is 13.4 Å². The second-order valence-corrected chi connectivity index (χ2v) is 9.96. The molecule has 1 amide bonds. The quantitative estimate of drug-likeness (QED) is 0.351. The first-order chi connectivity index (χ1) is 17.4. The number of hydrogen-bond acceptors (Lipinski definition) is 5. The minimum atomic E-state index is -4.05. The summed E-state index contributed by atoms with van der Waals surface area (Å²) in [5, 5.41) is 2.87. The van der Waals surface area contributed by atoms with Gasteiger partial charge in [0.25, 0.3) is 10.0 Å². The molecule has 0 spiro atoms. The van der Waals surface area contributed by atoms with Crippen LogP contribution in [0.25, 0.3) is 5.69 Å². The van der Waals surface area contributed by atoms with Crippen LogP contribution in [0.1, 0.15) is 18.1 Å². The Morgan fingerprint density at radius 1 is 1.03 bits per heavy atom. The Morgan fingerprint density at radius 3 is 2.47 bits per heavy atom. The third-order valence-corrected chi connectivity index (χ3v) is 7.35. The van der Waals surface area contributed by atoms with Crippen LogP contribution in [-0.4, -0.2) is 37.0 Å². The molecular formula is C27H28N4O4S. The maximum atomic E-state index is 13.7. The number of sulfonamides is 1. The van der Waals surface area contributed by atoms with Crippen molar-refractivity contribution in [3.05, 3.63) is 103 Å². The molecule has 4 aromatic rings. The van der Waals surface area contributed by atoms with Crippen molar-refractivity contribution in [3.8, 4) is 11.4 Å². The Labute approximate surface area is 211 Å². The lowest BCUT2D eigenvalue weighted by atomic mass is 10.1. The average Bonchev–Trinajstić information content (AvgIpc) is 3.42. The molecule has 3 aromatic carbocycles. The molecule has 1 aromatic heterocycles. The predicted molar refractivity (Wildman–Crippen MR) is 139 cm³/mol. The van der Waals surface area contributed by atoms with Gasteiger partial charge in [-0.05, 0) is 49.7 Å². The van der Waals surface area contributed by atoms with Gasteiger partial charge < -0.3 is 14.6 Å². The first kappa shape index (κ1) is 25.0. The predicted octanol–water partition coefficient (Wildman–Crippen LogP) is 4.09. The smallest absolute Gasteiger partial charge is 0.264 e. The van der Waals surface area contributed by atoms with Crippen molar-refractivity contribution < 1.29 is 17.9 Å². The molecule has 4 rings (SSSR count). The lowest BCUT2D eigenvalue weighted by Crippen LogP contribution is -2.41. The van der Waals surface area contributed by atoms with E-state index in [1.807, 2.05) is 48.9 Å². The molecule has 9 heteroatoms. The summed E-state index contributed by atoms with van der Waals surface area (Å²) in [6.45, 7) is 3.87. The van der Waals surface area contributed by atoms with Crippen LogP contribution in [0.5, 0.6) is 5.75 Å². The summed E-state index contributed by atoms with van der Waals surface area (Å²) in [6.07, 6.45) is 5.18. The Morgan fingerprint density at radius 2 is 1.75 bits per heavy atom. The highest BCUT2D eigenvalue weighted by atomic mass is 32.2. The summed E-state index contributed by atoms with van der Waals surface area (Å²) in [6, 6.07) is 21.0. The number of carbonyl (C=O) groups excluding carboxylic acids is 1. The van der Waals surface area contributed by atoms with Crippen molar-refractivity contribution in [1.82, 2.24) is 14.9 Å². The van der Waals surface area contributed by atoms with E-state index in [9.17, 15) is 13.2 Å². The largest absolute Gasteiger partial charge is 0.492 e. The summed E-state index contributed by atoms with van der Waals surface area (Å²) in [4.78, 5) is 17.3. The van der Waals surface area contributed by atoms with E-state index in [2.05, 4.69) is 10.3 Å². The van der Waals surface area contributed by atoms with Gasteiger partial charge in [-0.2, -0.15) is 0 Å². The molecule has 186 valence electrons. The van der Waals surface area contributed by atoms with E-state index in [-0.39, 0.29) is 11.4 Å². The molecule has 0 aliphatic carbocycles. The molecule has 0 unspecified atom stereocenters. The molecule has 0 saturated carbocycles. The Hall–Kier alpha value is -4.11. The minimum Gasteiger partial charge on any atom is -0.492 e. The molecule has 0 bridgehead atoms. The number of aryl methyl sites for hydroxylation is 1. The van der Waals surface area contributed by atoms with Gasteiger partial charge in [0, 0.05) is 18.9 Å². The van der Waals surface area contributed by atoms with Crippen molar-refractivity contribution in [3.63, 3.8) is 0 Å². The Balaban J connectivity index is 1.62. The van der Waals surface area contributed by atoms with E-state index >= 15 is 0 Å². The molecule has 0 saturated heterocycles. The highest BCUT2D eigenvalue weighted by Crippen LogP contribution is 2.32. The van der Waals surface area contributed by atoms with Crippen LogP contribution in [0.15, 0.2) is 96.4 Å². The van der Waals surface area contributed by atoms with Crippen molar-refractivity contribution in [2.24, 2.45) is 0 Å².